The van der Waals surface area contributed by atoms with Crippen LogP contribution in [0.25, 0.3) is 10.8 Å². The van der Waals surface area contributed by atoms with Gasteiger partial charge in [0.05, 0.1) is 16.3 Å². The molecule has 0 aliphatic rings. The van der Waals surface area contributed by atoms with Crippen molar-refractivity contribution in [2.45, 2.75) is 33.2 Å². The van der Waals surface area contributed by atoms with Gasteiger partial charge < -0.3 is 10.1 Å². The minimum atomic E-state index is -0.763. The molecule has 3 aromatic rings. The first-order valence-corrected chi connectivity index (χ1v) is 10.6. The highest BCUT2D eigenvalue weighted by molar-refractivity contribution is 7.14. The van der Waals surface area contributed by atoms with Crippen LogP contribution in [0, 0.1) is 0 Å². The van der Waals surface area contributed by atoms with Crippen LogP contribution in [0.3, 0.4) is 0 Å². The minimum Gasteiger partial charge on any atom is -0.452 e. The molecule has 1 N–H and O–H groups in total. The van der Waals surface area contributed by atoms with Gasteiger partial charge >= 0.3 is 5.97 Å². The van der Waals surface area contributed by atoms with Gasteiger partial charge in [0.2, 0.25) is 11.7 Å². The predicted molar refractivity (Wildman–Crippen MR) is 118 cm³/mol. The van der Waals surface area contributed by atoms with Crippen LogP contribution in [-0.4, -0.2) is 40.6 Å². The Morgan fingerprint density at radius 1 is 1.13 bits per heavy atom. The van der Waals surface area contributed by atoms with Crippen LogP contribution >= 0.6 is 11.3 Å². The zero-order valence-electron chi connectivity index (χ0n) is 17.5. The molecule has 0 atom stereocenters. The fourth-order valence-corrected chi connectivity index (χ4v) is 3.93. The van der Waals surface area contributed by atoms with Crippen molar-refractivity contribution in [3.8, 4) is 0 Å². The summed E-state index contributed by atoms with van der Waals surface area (Å²) in [5, 5.41) is 7.65. The number of ether oxygens (including phenoxy) is 1. The van der Waals surface area contributed by atoms with E-state index >= 15 is 0 Å². The van der Waals surface area contributed by atoms with Crippen LogP contribution in [0.4, 0.5) is 0 Å². The molecule has 0 fully saturated rings. The van der Waals surface area contributed by atoms with Gasteiger partial charge in [0.15, 0.2) is 12.3 Å². The molecule has 2 heterocycles. The van der Waals surface area contributed by atoms with Gasteiger partial charge in [-0.3, -0.25) is 14.4 Å². The molecule has 3 rings (SSSR count). The monoisotopic (exact) mass is 441 g/mol. The first kappa shape index (κ1) is 22.4. The molecule has 0 radical (unpaired) electrons. The zero-order chi connectivity index (χ0) is 22.5. The molecule has 0 aliphatic carbocycles. The molecule has 31 heavy (non-hydrogen) atoms. The molecule has 2 aromatic heterocycles. The number of carbonyl (C=O) groups is 3. The molecule has 0 unspecified atom stereocenters. The van der Waals surface area contributed by atoms with Gasteiger partial charge in [0, 0.05) is 23.7 Å². The number of ketones is 1. The topological polar surface area (TPSA) is 107 Å². The van der Waals surface area contributed by atoms with Crippen molar-refractivity contribution in [1.82, 2.24) is 15.1 Å². The third-order valence-electron chi connectivity index (χ3n) is 4.53. The molecule has 162 valence electrons. The summed E-state index contributed by atoms with van der Waals surface area (Å²) in [5.74, 6) is -1.20. The Morgan fingerprint density at radius 3 is 2.52 bits per heavy atom. The Morgan fingerprint density at radius 2 is 1.84 bits per heavy atom. The van der Waals surface area contributed by atoms with E-state index in [2.05, 4.69) is 10.4 Å². The number of benzene rings is 1. The number of esters is 1. The van der Waals surface area contributed by atoms with Gasteiger partial charge in [0.25, 0.3) is 5.56 Å². The second-order valence-electron chi connectivity index (χ2n) is 7.24. The molecule has 0 saturated heterocycles. The second kappa shape index (κ2) is 9.65. The molecule has 9 heteroatoms. The summed E-state index contributed by atoms with van der Waals surface area (Å²) in [6.45, 7) is 5.09. The number of Topliss-reactive ketones (excluding diaryl/α,β-unsaturated/α-hetero) is 1. The number of carbonyl (C=O) groups excluding carboxylic acids is 3. The van der Waals surface area contributed by atoms with Gasteiger partial charge in [-0.1, -0.05) is 18.2 Å². The summed E-state index contributed by atoms with van der Waals surface area (Å²) in [7, 11) is 0. The lowest BCUT2D eigenvalue weighted by molar-refractivity contribution is -0.118. The molecule has 0 bridgehead atoms. The van der Waals surface area contributed by atoms with Crippen molar-refractivity contribution < 1.29 is 19.1 Å². The SMILES string of the molecule is CC(=O)NCCc1ccc(C(=O)COC(=O)c2nn(C(C)C)c(=O)c3ccccc23)s1. The first-order valence-electron chi connectivity index (χ1n) is 9.83. The summed E-state index contributed by atoms with van der Waals surface area (Å²) in [4.78, 5) is 50.1. The fourth-order valence-electron chi connectivity index (χ4n) is 3.00. The second-order valence-corrected chi connectivity index (χ2v) is 8.40. The number of rotatable bonds is 8. The maximum absolute atomic E-state index is 12.7. The van der Waals surface area contributed by atoms with E-state index in [1.807, 2.05) is 6.07 Å². The van der Waals surface area contributed by atoms with Crippen molar-refractivity contribution in [3.05, 3.63) is 62.2 Å². The number of hydrogen-bond acceptors (Lipinski definition) is 7. The van der Waals surface area contributed by atoms with Crippen LogP contribution in [-0.2, 0) is 16.0 Å². The average molecular weight is 442 g/mol. The number of thiophene rings is 1. The molecule has 0 saturated carbocycles. The third kappa shape index (κ3) is 5.24. The Balaban J connectivity index is 1.73. The van der Waals surface area contributed by atoms with Crippen LogP contribution in [0.1, 0.15) is 51.9 Å². The van der Waals surface area contributed by atoms with E-state index in [1.54, 1.807) is 44.2 Å². The van der Waals surface area contributed by atoms with E-state index in [4.69, 9.17) is 4.74 Å². The standard InChI is InChI=1S/C22H23N3O5S/c1-13(2)25-21(28)17-7-5-4-6-16(17)20(24-25)22(29)30-12-18(27)19-9-8-15(31-19)10-11-23-14(3)26/h4-9,13H,10-12H2,1-3H3,(H,23,26). The van der Waals surface area contributed by atoms with Crippen LogP contribution < -0.4 is 10.9 Å². The van der Waals surface area contributed by atoms with Crippen molar-refractivity contribution in [3.63, 3.8) is 0 Å². The largest absolute Gasteiger partial charge is 0.452 e. The smallest absolute Gasteiger partial charge is 0.359 e. The molecule has 1 aromatic carbocycles. The summed E-state index contributed by atoms with van der Waals surface area (Å²) in [5.41, 5.74) is -0.289. The average Bonchev–Trinajstić information content (AvgIpc) is 3.20. The lowest BCUT2D eigenvalue weighted by Gasteiger charge is -2.12. The van der Waals surface area contributed by atoms with Gasteiger partial charge in [-0.15, -0.1) is 11.3 Å². The van der Waals surface area contributed by atoms with Crippen molar-refractivity contribution in [2.75, 3.05) is 13.2 Å². The van der Waals surface area contributed by atoms with Gasteiger partial charge in [0.1, 0.15) is 0 Å². The summed E-state index contributed by atoms with van der Waals surface area (Å²) in [6.07, 6.45) is 0.615. The Hall–Kier alpha value is -3.33. The van der Waals surface area contributed by atoms with Crippen molar-refractivity contribution in [1.29, 1.82) is 0 Å². The molecular weight excluding hydrogens is 418 g/mol. The number of aromatic nitrogens is 2. The molecule has 1 amide bonds. The van der Waals surface area contributed by atoms with E-state index in [0.717, 1.165) is 4.88 Å². The molecule has 8 nitrogen and oxygen atoms in total. The maximum atomic E-state index is 12.7. The highest BCUT2D eigenvalue weighted by Crippen LogP contribution is 2.19. The van der Waals surface area contributed by atoms with E-state index in [0.29, 0.717) is 28.6 Å². The van der Waals surface area contributed by atoms with Gasteiger partial charge in [-0.25, -0.2) is 9.48 Å². The molecule has 0 aliphatic heterocycles. The summed E-state index contributed by atoms with van der Waals surface area (Å²) >= 11 is 1.30. The summed E-state index contributed by atoms with van der Waals surface area (Å²) in [6, 6.07) is 9.94. The van der Waals surface area contributed by atoms with Crippen molar-refractivity contribution >= 4 is 39.8 Å². The highest BCUT2D eigenvalue weighted by atomic mass is 32.1. The molecule has 0 spiro atoms. The van der Waals surface area contributed by atoms with E-state index in [9.17, 15) is 19.2 Å². The maximum Gasteiger partial charge on any atom is 0.359 e. The first-order chi connectivity index (χ1) is 14.8. The number of amides is 1. The van der Waals surface area contributed by atoms with E-state index < -0.39 is 12.6 Å². The Bertz CT molecular complexity index is 1200. The molecular formula is C22H23N3O5S. The summed E-state index contributed by atoms with van der Waals surface area (Å²) < 4.78 is 6.47. The lowest BCUT2D eigenvalue weighted by atomic mass is 10.1. The Kier molecular flexibility index (Phi) is 6.96. The van der Waals surface area contributed by atoms with E-state index in [1.165, 1.54) is 22.9 Å². The van der Waals surface area contributed by atoms with Crippen LogP contribution in [0.2, 0.25) is 0 Å². The highest BCUT2D eigenvalue weighted by Gasteiger charge is 2.20. The minimum absolute atomic E-state index is 0.00104. The predicted octanol–water partition coefficient (Wildman–Crippen LogP) is 2.76. The van der Waals surface area contributed by atoms with Crippen molar-refractivity contribution in [2.24, 2.45) is 0 Å². The number of nitrogens with one attached hydrogen (secondary N) is 1. The van der Waals surface area contributed by atoms with Gasteiger partial charge in [-0.05, 0) is 38.5 Å². The quantitative estimate of drug-likeness (QED) is 0.425. The van der Waals surface area contributed by atoms with Crippen LogP contribution in [0.15, 0.2) is 41.2 Å². The fraction of sp³-hybridized carbons (Fsp3) is 0.318. The van der Waals surface area contributed by atoms with E-state index in [-0.39, 0.29) is 29.0 Å². The number of fused-ring (bicyclic) bond motifs is 1. The van der Waals surface area contributed by atoms with Gasteiger partial charge in [-0.2, -0.15) is 5.10 Å². The third-order valence-corrected chi connectivity index (χ3v) is 5.71. The zero-order valence-corrected chi connectivity index (χ0v) is 18.3. The van der Waals surface area contributed by atoms with Crippen LogP contribution in [0.5, 0.6) is 0 Å². The Labute approximate surface area is 182 Å². The normalized spacial score (nSPS) is 11.0. The number of hydrogen-bond donors (Lipinski definition) is 1. The lowest BCUT2D eigenvalue weighted by Crippen LogP contribution is -2.28. The number of nitrogens with zero attached hydrogens (tertiary/aromatic N) is 2.